The third-order valence-electron chi connectivity index (χ3n) is 6.14. The van der Waals surface area contributed by atoms with Crippen LogP contribution in [0.4, 0.5) is 4.39 Å². The van der Waals surface area contributed by atoms with Crippen LogP contribution in [-0.4, -0.2) is 43.2 Å². The number of hydrogen-bond acceptors (Lipinski definition) is 5. The summed E-state index contributed by atoms with van der Waals surface area (Å²) < 4.78 is 19.1. The van der Waals surface area contributed by atoms with Gasteiger partial charge >= 0.3 is 0 Å². The summed E-state index contributed by atoms with van der Waals surface area (Å²) in [7, 11) is 1.67. The Balaban J connectivity index is 1.24. The van der Waals surface area contributed by atoms with E-state index in [2.05, 4.69) is 33.2 Å². The van der Waals surface area contributed by atoms with E-state index in [1.807, 2.05) is 12.1 Å². The summed E-state index contributed by atoms with van der Waals surface area (Å²) in [6, 6.07) is 13.0. The van der Waals surface area contributed by atoms with Gasteiger partial charge in [0, 0.05) is 35.8 Å². The van der Waals surface area contributed by atoms with E-state index in [4.69, 9.17) is 16.3 Å². The van der Waals surface area contributed by atoms with Crippen LogP contribution in [0, 0.1) is 5.82 Å². The van der Waals surface area contributed by atoms with Crippen LogP contribution >= 0.6 is 11.6 Å². The van der Waals surface area contributed by atoms with Crippen molar-refractivity contribution in [2.45, 2.75) is 43.9 Å². The Morgan fingerprint density at radius 3 is 2.61 bits per heavy atom. The molecule has 2 aliphatic rings. The van der Waals surface area contributed by atoms with Crippen molar-refractivity contribution in [3.8, 4) is 5.75 Å². The number of carbonyl (C=O) groups is 1. The number of ether oxygens (including phenoxy) is 1. The van der Waals surface area contributed by atoms with E-state index in [0.29, 0.717) is 0 Å². The van der Waals surface area contributed by atoms with Crippen molar-refractivity contribution in [2.75, 3.05) is 20.2 Å². The molecule has 2 unspecified atom stereocenters. The lowest BCUT2D eigenvalue weighted by atomic mass is 10.0. The molecule has 0 spiro atoms. The number of methoxy groups -OCH3 is 1. The van der Waals surface area contributed by atoms with Crippen molar-refractivity contribution in [3.05, 3.63) is 64.4 Å². The van der Waals surface area contributed by atoms with Gasteiger partial charge in [0.1, 0.15) is 11.6 Å². The molecule has 2 atom stereocenters. The maximum absolute atomic E-state index is 13.9. The molecule has 2 aromatic rings. The Kier molecular flexibility index (Phi) is 7.07. The van der Waals surface area contributed by atoms with Gasteiger partial charge in [0.15, 0.2) is 0 Å². The van der Waals surface area contributed by atoms with Gasteiger partial charge in [0.25, 0.3) is 0 Å². The van der Waals surface area contributed by atoms with E-state index in [0.717, 1.165) is 38.1 Å². The van der Waals surface area contributed by atoms with Crippen LogP contribution < -0.4 is 20.9 Å². The molecule has 2 saturated heterocycles. The van der Waals surface area contributed by atoms with Crippen molar-refractivity contribution in [1.82, 2.24) is 21.1 Å². The predicted octanol–water partition coefficient (Wildman–Crippen LogP) is 3.18. The molecule has 2 heterocycles. The molecule has 0 saturated carbocycles. The smallest absolute Gasteiger partial charge is 0.224 e. The normalized spacial score (nSPS) is 22.4. The summed E-state index contributed by atoms with van der Waals surface area (Å²) in [5.41, 5.74) is 8.28. The van der Waals surface area contributed by atoms with Crippen LogP contribution in [0.5, 0.6) is 5.75 Å². The standard InChI is InChI=1S/C23H28ClFN4O2/c1-31-17-7-5-15(6-8-17)21-14-22(28-27-21)29-11-9-16(10-12-29)26-23(30)13-18-19(24)3-2-4-20(18)25/h2-8,16,21-22,27-28H,9-14H2,1H3,(H,26,30). The Labute approximate surface area is 187 Å². The zero-order valence-corrected chi connectivity index (χ0v) is 18.3. The number of piperidine rings is 1. The molecule has 0 aliphatic carbocycles. The van der Waals surface area contributed by atoms with E-state index >= 15 is 0 Å². The highest BCUT2D eigenvalue weighted by molar-refractivity contribution is 6.31. The monoisotopic (exact) mass is 446 g/mol. The number of benzene rings is 2. The quantitative estimate of drug-likeness (QED) is 0.636. The van der Waals surface area contributed by atoms with Gasteiger partial charge in [-0.25, -0.2) is 15.2 Å². The fourth-order valence-corrected chi connectivity index (χ4v) is 4.56. The van der Waals surface area contributed by atoms with Crippen LogP contribution in [0.1, 0.15) is 36.4 Å². The molecule has 6 nitrogen and oxygen atoms in total. The molecular formula is C23H28ClFN4O2. The van der Waals surface area contributed by atoms with Gasteiger partial charge < -0.3 is 10.1 Å². The lowest BCUT2D eigenvalue weighted by Crippen LogP contribution is -2.51. The lowest BCUT2D eigenvalue weighted by Gasteiger charge is -2.35. The summed E-state index contributed by atoms with van der Waals surface area (Å²) in [5, 5.41) is 3.33. The molecule has 0 aromatic heterocycles. The third kappa shape index (κ3) is 5.36. The van der Waals surface area contributed by atoms with E-state index in [1.54, 1.807) is 19.2 Å². The van der Waals surface area contributed by atoms with E-state index < -0.39 is 5.82 Å². The zero-order valence-electron chi connectivity index (χ0n) is 17.5. The molecule has 0 radical (unpaired) electrons. The van der Waals surface area contributed by atoms with Gasteiger partial charge in [0.2, 0.25) is 5.91 Å². The molecule has 31 heavy (non-hydrogen) atoms. The molecule has 2 aromatic carbocycles. The highest BCUT2D eigenvalue weighted by atomic mass is 35.5. The minimum Gasteiger partial charge on any atom is -0.497 e. The summed E-state index contributed by atoms with van der Waals surface area (Å²) >= 11 is 6.03. The van der Waals surface area contributed by atoms with Gasteiger partial charge in [-0.3, -0.25) is 9.69 Å². The Hall–Kier alpha value is -2.19. The molecular weight excluding hydrogens is 419 g/mol. The average molecular weight is 447 g/mol. The highest BCUT2D eigenvalue weighted by Gasteiger charge is 2.32. The van der Waals surface area contributed by atoms with E-state index in [-0.39, 0.29) is 41.2 Å². The Bertz CT molecular complexity index is 883. The van der Waals surface area contributed by atoms with Crippen molar-refractivity contribution in [2.24, 2.45) is 0 Å². The second kappa shape index (κ2) is 9.96. The Morgan fingerprint density at radius 2 is 1.94 bits per heavy atom. The number of nitrogens with zero attached hydrogens (tertiary/aromatic N) is 1. The van der Waals surface area contributed by atoms with Crippen LogP contribution in [-0.2, 0) is 11.2 Å². The van der Waals surface area contributed by atoms with Crippen molar-refractivity contribution >= 4 is 17.5 Å². The summed E-state index contributed by atoms with van der Waals surface area (Å²) in [6.45, 7) is 1.78. The van der Waals surface area contributed by atoms with Crippen molar-refractivity contribution in [1.29, 1.82) is 0 Å². The van der Waals surface area contributed by atoms with Gasteiger partial charge in [-0.1, -0.05) is 29.8 Å². The fourth-order valence-electron chi connectivity index (χ4n) is 4.33. The topological polar surface area (TPSA) is 65.6 Å². The maximum atomic E-state index is 13.9. The molecule has 4 rings (SSSR count). The number of halogens is 2. The number of carbonyl (C=O) groups excluding carboxylic acids is 1. The summed E-state index contributed by atoms with van der Waals surface area (Å²) in [4.78, 5) is 14.8. The number of rotatable bonds is 6. The first kappa shape index (κ1) is 22.0. The van der Waals surface area contributed by atoms with E-state index in [1.165, 1.54) is 11.6 Å². The van der Waals surface area contributed by atoms with Gasteiger partial charge in [-0.05, 0) is 49.1 Å². The summed E-state index contributed by atoms with van der Waals surface area (Å²) in [6.07, 6.45) is 2.91. The van der Waals surface area contributed by atoms with Crippen molar-refractivity contribution < 1.29 is 13.9 Å². The molecule has 1 amide bonds. The van der Waals surface area contributed by atoms with Gasteiger partial charge in [-0.2, -0.15) is 0 Å². The molecule has 2 fully saturated rings. The van der Waals surface area contributed by atoms with Crippen LogP contribution in [0.3, 0.4) is 0 Å². The first-order valence-corrected chi connectivity index (χ1v) is 11.0. The number of hydrogen-bond donors (Lipinski definition) is 3. The lowest BCUT2D eigenvalue weighted by molar-refractivity contribution is -0.121. The predicted molar refractivity (Wildman–Crippen MR) is 118 cm³/mol. The Morgan fingerprint density at radius 1 is 1.19 bits per heavy atom. The molecule has 8 heteroatoms. The molecule has 166 valence electrons. The average Bonchev–Trinajstić information content (AvgIpc) is 3.27. The molecule has 3 N–H and O–H groups in total. The SMILES string of the molecule is COc1ccc(C2CC(N3CCC(NC(=O)Cc4c(F)cccc4Cl)CC3)NN2)cc1. The number of hydrazine groups is 1. The maximum Gasteiger partial charge on any atom is 0.224 e. The first-order valence-electron chi connectivity index (χ1n) is 10.6. The second-order valence-electron chi connectivity index (χ2n) is 8.12. The van der Waals surface area contributed by atoms with Crippen LogP contribution in [0.25, 0.3) is 0 Å². The van der Waals surface area contributed by atoms with Gasteiger partial charge in [-0.15, -0.1) is 0 Å². The molecule has 2 aliphatic heterocycles. The number of likely N-dealkylation sites (tertiary alicyclic amines) is 1. The first-order chi connectivity index (χ1) is 15.0. The van der Waals surface area contributed by atoms with Crippen molar-refractivity contribution in [3.63, 3.8) is 0 Å². The van der Waals surface area contributed by atoms with Gasteiger partial charge in [0.05, 0.1) is 19.7 Å². The minimum atomic E-state index is -0.441. The second-order valence-corrected chi connectivity index (χ2v) is 8.53. The molecule has 0 bridgehead atoms. The number of nitrogens with one attached hydrogen (secondary N) is 3. The highest BCUT2D eigenvalue weighted by Crippen LogP contribution is 2.27. The summed E-state index contributed by atoms with van der Waals surface area (Å²) in [5.74, 6) is 0.224. The van der Waals surface area contributed by atoms with Crippen LogP contribution in [0.2, 0.25) is 5.02 Å². The fraction of sp³-hybridized carbons (Fsp3) is 0.435. The zero-order chi connectivity index (χ0) is 21.8. The minimum absolute atomic E-state index is 0.0383. The number of amides is 1. The van der Waals surface area contributed by atoms with Crippen LogP contribution in [0.15, 0.2) is 42.5 Å². The van der Waals surface area contributed by atoms with E-state index in [9.17, 15) is 9.18 Å². The third-order valence-corrected chi connectivity index (χ3v) is 6.49. The largest absolute Gasteiger partial charge is 0.497 e.